The SMILES string of the molecule is CCCc1cc(-c2ccc(N(S(=O)O)C3(C(=O)O)CC3c3ccccc3)s2)no1. The molecule has 7 nitrogen and oxygen atoms in total. The van der Waals surface area contributed by atoms with Crippen LogP contribution in [0.3, 0.4) is 0 Å². The summed E-state index contributed by atoms with van der Waals surface area (Å²) in [6, 6.07) is 14.5. The van der Waals surface area contributed by atoms with Crippen molar-refractivity contribution in [2.24, 2.45) is 0 Å². The molecule has 9 heteroatoms. The molecule has 3 atom stereocenters. The van der Waals surface area contributed by atoms with Crippen LogP contribution in [0.1, 0.15) is 37.0 Å². The highest BCUT2D eigenvalue weighted by molar-refractivity contribution is 7.81. The number of carbonyl (C=O) groups is 1. The summed E-state index contributed by atoms with van der Waals surface area (Å²) in [6.07, 6.45) is 1.97. The number of aromatic nitrogens is 1. The van der Waals surface area contributed by atoms with E-state index in [2.05, 4.69) is 5.16 Å². The molecule has 1 saturated carbocycles. The molecule has 1 aromatic carbocycles. The minimum atomic E-state index is -2.50. The van der Waals surface area contributed by atoms with E-state index >= 15 is 0 Å². The first-order valence-electron chi connectivity index (χ1n) is 9.22. The molecule has 0 spiro atoms. The van der Waals surface area contributed by atoms with Crippen LogP contribution in [-0.4, -0.2) is 30.5 Å². The van der Waals surface area contributed by atoms with Gasteiger partial charge < -0.3 is 9.63 Å². The Morgan fingerprint density at radius 2 is 2.10 bits per heavy atom. The Bertz CT molecular complexity index is 1050. The van der Waals surface area contributed by atoms with Gasteiger partial charge in [0.25, 0.3) is 11.3 Å². The van der Waals surface area contributed by atoms with Crippen molar-refractivity contribution >= 4 is 33.6 Å². The zero-order chi connectivity index (χ0) is 20.6. The van der Waals surface area contributed by atoms with Crippen molar-refractivity contribution in [1.82, 2.24) is 5.16 Å². The van der Waals surface area contributed by atoms with Gasteiger partial charge >= 0.3 is 5.97 Å². The number of hydrogen-bond acceptors (Lipinski definition) is 5. The number of aliphatic carboxylic acids is 1. The van der Waals surface area contributed by atoms with Gasteiger partial charge in [0.2, 0.25) is 0 Å². The molecule has 0 radical (unpaired) electrons. The van der Waals surface area contributed by atoms with Gasteiger partial charge in [0.05, 0.1) is 4.88 Å². The second kappa shape index (κ2) is 7.74. The lowest BCUT2D eigenvalue weighted by atomic mass is 10.1. The Balaban J connectivity index is 1.68. The summed E-state index contributed by atoms with van der Waals surface area (Å²) in [4.78, 5) is 13.0. The van der Waals surface area contributed by atoms with Crippen molar-refractivity contribution in [3.63, 3.8) is 0 Å². The Morgan fingerprint density at radius 1 is 1.34 bits per heavy atom. The minimum absolute atomic E-state index is 0.260. The van der Waals surface area contributed by atoms with E-state index in [0.717, 1.165) is 33.3 Å². The molecule has 2 aromatic heterocycles. The van der Waals surface area contributed by atoms with E-state index in [9.17, 15) is 18.7 Å². The van der Waals surface area contributed by atoms with Crippen LogP contribution >= 0.6 is 11.3 Å². The van der Waals surface area contributed by atoms with Crippen LogP contribution in [0.5, 0.6) is 0 Å². The number of aryl methyl sites for hydroxylation is 1. The number of carboxylic acids is 1. The van der Waals surface area contributed by atoms with Crippen molar-refractivity contribution in [3.8, 4) is 10.6 Å². The van der Waals surface area contributed by atoms with Crippen molar-refractivity contribution in [1.29, 1.82) is 0 Å². The fourth-order valence-electron chi connectivity index (χ4n) is 3.66. The first kappa shape index (κ1) is 19.8. The highest BCUT2D eigenvalue weighted by atomic mass is 32.2. The fourth-order valence-corrected chi connectivity index (χ4v) is 5.68. The van der Waals surface area contributed by atoms with Crippen LogP contribution in [-0.2, 0) is 22.5 Å². The van der Waals surface area contributed by atoms with E-state index in [1.807, 2.05) is 43.3 Å². The van der Waals surface area contributed by atoms with Gasteiger partial charge in [0, 0.05) is 18.4 Å². The van der Waals surface area contributed by atoms with Gasteiger partial charge in [-0.3, -0.25) is 4.55 Å². The number of hydrogen-bond donors (Lipinski definition) is 2. The Morgan fingerprint density at radius 3 is 2.76 bits per heavy atom. The molecule has 3 unspecified atom stereocenters. The maximum absolute atomic E-state index is 12.2. The maximum atomic E-state index is 12.2. The van der Waals surface area contributed by atoms with Crippen LogP contribution < -0.4 is 4.31 Å². The monoisotopic (exact) mass is 432 g/mol. The van der Waals surface area contributed by atoms with E-state index in [0.29, 0.717) is 10.7 Å². The molecule has 1 aliphatic carbocycles. The maximum Gasteiger partial charge on any atom is 0.331 e. The van der Waals surface area contributed by atoms with E-state index in [-0.39, 0.29) is 12.3 Å². The molecule has 0 amide bonds. The lowest BCUT2D eigenvalue weighted by Gasteiger charge is -2.26. The quantitative estimate of drug-likeness (QED) is 0.514. The molecule has 2 heterocycles. The van der Waals surface area contributed by atoms with Gasteiger partial charge in [0.15, 0.2) is 5.54 Å². The van der Waals surface area contributed by atoms with Gasteiger partial charge in [-0.05, 0) is 30.5 Å². The minimum Gasteiger partial charge on any atom is -0.479 e. The largest absolute Gasteiger partial charge is 0.479 e. The van der Waals surface area contributed by atoms with Crippen molar-refractivity contribution in [2.75, 3.05) is 4.31 Å². The van der Waals surface area contributed by atoms with Gasteiger partial charge in [-0.15, -0.1) is 11.3 Å². The summed E-state index contributed by atoms with van der Waals surface area (Å²) in [6.45, 7) is 2.05. The molecule has 2 N–H and O–H groups in total. The summed E-state index contributed by atoms with van der Waals surface area (Å²) >= 11 is -1.28. The molecule has 1 fully saturated rings. The molecular formula is C20H20N2O5S2. The van der Waals surface area contributed by atoms with E-state index < -0.39 is 22.8 Å². The molecule has 0 saturated heterocycles. The fraction of sp³-hybridized carbons (Fsp3) is 0.300. The highest BCUT2D eigenvalue weighted by Crippen LogP contribution is 2.58. The second-order valence-corrected chi connectivity index (χ2v) is 8.88. The van der Waals surface area contributed by atoms with E-state index in [1.165, 1.54) is 11.3 Å². The van der Waals surface area contributed by atoms with Crippen LogP contribution in [0, 0.1) is 0 Å². The van der Waals surface area contributed by atoms with Gasteiger partial charge in [-0.1, -0.05) is 42.4 Å². The third-order valence-corrected chi connectivity index (χ3v) is 7.17. The average molecular weight is 433 g/mol. The first-order valence-corrected chi connectivity index (χ1v) is 11.1. The lowest BCUT2D eigenvalue weighted by molar-refractivity contribution is -0.139. The van der Waals surface area contributed by atoms with Crippen LogP contribution in [0.4, 0.5) is 5.00 Å². The molecular weight excluding hydrogens is 412 g/mol. The third kappa shape index (κ3) is 3.50. The Hall–Kier alpha value is -2.49. The van der Waals surface area contributed by atoms with Crippen molar-refractivity contribution < 1.29 is 23.2 Å². The van der Waals surface area contributed by atoms with Crippen LogP contribution in [0.25, 0.3) is 10.6 Å². The standard InChI is InChI=1S/C20H20N2O5S2/c1-2-6-14-11-16(21-27-14)17-9-10-18(28-17)22(29(25)26)20(19(23)24)12-15(20)13-7-4-3-5-8-13/h3-5,7-11,15H,2,6,12H2,1H3,(H,23,24)(H,25,26). The van der Waals surface area contributed by atoms with Gasteiger partial charge in [0.1, 0.15) is 16.5 Å². The van der Waals surface area contributed by atoms with Gasteiger partial charge in [-0.2, -0.15) is 0 Å². The number of carboxylic acid groups (broad SMARTS) is 1. The summed E-state index contributed by atoms with van der Waals surface area (Å²) in [5.41, 5.74) is 0.0105. The number of anilines is 1. The smallest absolute Gasteiger partial charge is 0.331 e. The number of rotatable bonds is 8. The molecule has 0 aliphatic heterocycles. The normalized spacial score (nSPS) is 21.7. The lowest BCUT2D eigenvalue weighted by Crippen LogP contribution is -2.45. The predicted molar refractivity (Wildman–Crippen MR) is 111 cm³/mol. The first-order chi connectivity index (χ1) is 14.0. The average Bonchev–Trinajstić information content (AvgIpc) is 3.01. The summed E-state index contributed by atoms with van der Waals surface area (Å²) in [5.74, 6) is -0.713. The van der Waals surface area contributed by atoms with Crippen molar-refractivity contribution in [3.05, 3.63) is 59.9 Å². The van der Waals surface area contributed by atoms with Gasteiger partial charge in [-0.25, -0.2) is 13.3 Å². The predicted octanol–water partition coefficient (Wildman–Crippen LogP) is 4.31. The molecule has 3 aromatic rings. The summed E-state index contributed by atoms with van der Waals surface area (Å²) < 4.78 is 28.7. The molecule has 0 bridgehead atoms. The summed E-state index contributed by atoms with van der Waals surface area (Å²) in [7, 11) is 0. The van der Waals surface area contributed by atoms with E-state index in [1.54, 1.807) is 12.1 Å². The summed E-state index contributed by atoms with van der Waals surface area (Å²) in [5, 5.41) is 14.5. The molecule has 29 heavy (non-hydrogen) atoms. The number of thiophene rings is 1. The molecule has 152 valence electrons. The number of nitrogens with zero attached hydrogens (tertiary/aromatic N) is 2. The van der Waals surface area contributed by atoms with E-state index in [4.69, 9.17) is 4.52 Å². The zero-order valence-electron chi connectivity index (χ0n) is 15.6. The van der Waals surface area contributed by atoms with Crippen molar-refractivity contribution in [2.45, 2.75) is 37.6 Å². The Kier molecular flexibility index (Phi) is 5.28. The topological polar surface area (TPSA) is 104 Å². The third-order valence-electron chi connectivity index (χ3n) is 5.12. The highest BCUT2D eigenvalue weighted by Gasteiger charge is 2.67. The Labute approximate surface area is 174 Å². The van der Waals surface area contributed by atoms with Crippen LogP contribution in [0.15, 0.2) is 53.1 Å². The van der Waals surface area contributed by atoms with Crippen LogP contribution in [0.2, 0.25) is 0 Å². The number of benzene rings is 1. The second-order valence-electron chi connectivity index (χ2n) is 6.99. The molecule has 4 rings (SSSR count). The molecule has 1 aliphatic rings. The zero-order valence-corrected chi connectivity index (χ0v) is 17.3.